The molecule has 1 aromatic heterocycles. The molecule has 1 aliphatic heterocycles. The highest BCUT2D eigenvalue weighted by Gasteiger charge is 2.34. The van der Waals surface area contributed by atoms with Crippen molar-refractivity contribution in [2.24, 2.45) is 12.0 Å². The number of nitrogens with one attached hydrogen (secondary N) is 1. The van der Waals surface area contributed by atoms with Gasteiger partial charge in [-0.3, -0.25) is 18.9 Å². The van der Waals surface area contributed by atoms with Crippen LogP contribution < -0.4 is 16.6 Å². The van der Waals surface area contributed by atoms with Crippen molar-refractivity contribution >= 4 is 32.5 Å². The van der Waals surface area contributed by atoms with E-state index in [0.717, 1.165) is 21.3 Å². The number of aliphatic imine (C=N–C) groups is 1. The number of benzene rings is 2. The largest absolute Gasteiger partial charge is 0.364 e. The normalized spacial score (nSPS) is 15.1. The Balaban J connectivity index is 1.82. The highest BCUT2D eigenvalue weighted by Crippen LogP contribution is 2.31. The minimum Gasteiger partial charge on any atom is -0.364 e. The molecule has 10 heteroatoms. The van der Waals surface area contributed by atoms with Crippen LogP contribution in [0.25, 0.3) is 0 Å². The molecule has 0 fully saturated rings. The van der Waals surface area contributed by atoms with Crippen LogP contribution >= 0.6 is 11.8 Å². The van der Waals surface area contributed by atoms with Gasteiger partial charge in [0, 0.05) is 18.2 Å². The third-order valence-electron chi connectivity index (χ3n) is 5.48. The quantitative estimate of drug-likeness (QED) is 0.330. The molecule has 1 N–H and O–H groups in total. The van der Waals surface area contributed by atoms with Gasteiger partial charge in [0.05, 0.1) is 23.5 Å². The van der Waals surface area contributed by atoms with E-state index in [4.69, 9.17) is 4.99 Å². The van der Waals surface area contributed by atoms with Gasteiger partial charge < -0.3 is 5.32 Å². The Hall–Kier alpha value is -3.11. The average Bonchev–Trinajstić information content (AvgIpc) is 3.11. The minimum atomic E-state index is -3.29. The van der Waals surface area contributed by atoms with Gasteiger partial charge in [0.2, 0.25) is 0 Å². The van der Waals surface area contributed by atoms with Crippen LogP contribution in [0.15, 0.2) is 79.0 Å². The number of hydrogen-bond donors (Lipinski definition) is 1. The van der Waals surface area contributed by atoms with Gasteiger partial charge in [-0.05, 0) is 43.7 Å². The molecule has 34 heavy (non-hydrogen) atoms. The molecule has 0 unspecified atom stereocenters. The monoisotopic (exact) mass is 498 g/mol. The Morgan fingerprint density at radius 1 is 1.09 bits per heavy atom. The molecule has 2 aromatic carbocycles. The summed E-state index contributed by atoms with van der Waals surface area (Å²) in [6.07, 6.45) is 1.16. The molecule has 0 saturated carbocycles. The number of aromatic nitrogens is 2. The van der Waals surface area contributed by atoms with E-state index in [1.54, 1.807) is 28.8 Å². The summed E-state index contributed by atoms with van der Waals surface area (Å²) in [6.45, 7) is 4.61. The third kappa shape index (κ3) is 4.88. The van der Waals surface area contributed by atoms with Crippen molar-refractivity contribution in [2.75, 3.05) is 11.6 Å². The Morgan fingerprint density at radius 2 is 1.74 bits per heavy atom. The molecular formula is C24H26N4O4S2. The zero-order chi connectivity index (χ0) is 24.7. The van der Waals surface area contributed by atoms with Crippen molar-refractivity contribution in [2.45, 2.75) is 42.3 Å². The van der Waals surface area contributed by atoms with E-state index in [-0.39, 0.29) is 17.1 Å². The molecule has 0 spiro atoms. The van der Waals surface area contributed by atoms with Crippen molar-refractivity contribution < 1.29 is 8.42 Å². The van der Waals surface area contributed by atoms with Crippen LogP contribution in [0.1, 0.15) is 25.0 Å². The minimum absolute atomic E-state index is 0.236. The topological polar surface area (TPSA) is 103 Å². The number of nitrogens with zero attached hydrogens (tertiary/aromatic N) is 3. The van der Waals surface area contributed by atoms with Crippen LogP contribution in [0.5, 0.6) is 0 Å². The molecule has 1 aliphatic rings. The van der Waals surface area contributed by atoms with Gasteiger partial charge in [0.15, 0.2) is 9.84 Å². The lowest BCUT2D eigenvalue weighted by Crippen LogP contribution is -2.40. The van der Waals surface area contributed by atoms with Gasteiger partial charge in [-0.15, -0.1) is 0 Å². The highest BCUT2D eigenvalue weighted by molar-refractivity contribution is 8.14. The molecule has 2 heterocycles. The summed E-state index contributed by atoms with van der Waals surface area (Å²) in [4.78, 5) is 32.0. The predicted octanol–water partition coefficient (Wildman–Crippen LogP) is 2.89. The molecule has 178 valence electrons. The molecule has 3 aromatic rings. The maximum absolute atomic E-state index is 13.3. The van der Waals surface area contributed by atoms with Crippen molar-refractivity contribution in [3.63, 3.8) is 0 Å². The summed E-state index contributed by atoms with van der Waals surface area (Å²) >= 11 is 1.35. The highest BCUT2D eigenvalue weighted by atomic mass is 32.2. The molecule has 0 atom stereocenters. The van der Waals surface area contributed by atoms with Gasteiger partial charge >= 0.3 is 5.69 Å². The van der Waals surface area contributed by atoms with E-state index in [1.165, 1.54) is 18.8 Å². The Labute approximate surface area is 202 Å². The summed E-state index contributed by atoms with van der Waals surface area (Å²) in [5.74, 6) is 0.465. The van der Waals surface area contributed by atoms with Crippen molar-refractivity contribution in [1.82, 2.24) is 9.13 Å². The Kier molecular flexibility index (Phi) is 6.30. The molecule has 0 amide bonds. The lowest BCUT2D eigenvalue weighted by molar-refractivity contribution is 0.503. The summed E-state index contributed by atoms with van der Waals surface area (Å²) in [6, 6.07) is 16.1. The van der Waals surface area contributed by atoms with Crippen LogP contribution in [0.2, 0.25) is 0 Å². The van der Waals surface area contributed by atoms with Crippen molar-refractivity contribution in [1.29, 1.82) is 0 Å². The average molecular weight is 499 g/mol. The lowest BCUT2D eigenvalue weighted by Gasteiger charge is -2.17. The van der Waals surface area contributed by atoms with Crippen molar-refractivity contribution in [3.8, 4) is 0 Å². The molecule has 0 radical (unpaired) electrons. The van der Waals surface area contributed by atoms with Gasteiger partial charge in [-0.1, -0.05) is 42.1 Å². The second kappa shape index (κ2) is 8.92. The van der Waals surface area contributed by atoms with E-state index in [9.17, 15) is 18.0 Å². The number of thioether (sulfide) groups is 1. The SMILES string of the molecule is Cn1c(=O)c(C(=NCc2ccc(S(C)(=O)=O)cc2)Sc2ccccc2)c2n(c1=O)CC(C)(C)N2. The first-order valence-corrected chi connectivity index (χ1v) is 13.4. The van der Waals surface area contributed by atoms with E-state index in [1.807, 2.05) is 44.2 Å². The summed E-state index contributed by atoms with van der Waals surface area (Å²) < 4.78 is 26.2. The molecule has 0 aliphatic carbocycles. The number of fused-ring (bicyclic) bond motifs is 1. The van der Waals surface area contributed by atoms with Crippen LogP contribution in [0.4, 0.5) is 5.82 Å². The van der Waals surface area contributed by atoms with Crippen LogP contribution in [0.3, 0.4) is 0 Å². The summed E-state index contributed by atoms with van der Waals surface area (Å²) in [5, 5.41) is 3.81. The molecular weight excluding hydrogens is 472 g/mol. The number of sulfone groups is 1. The smallest absolute Gasteiger partial charge is 0.332 e. The number of hydrogen-bond acceptors (Lipinski definition) is 7. The number of rotatable bonds is 5. The standard InChI is InChI=1S/C24H26N4O4S2/c1-24(2)15-28-20(26-24)19(22(29)27(3)23(28)30)21(33-17-8-6-5-7-9-17)25-14-16-10-12-18(13-11-16)34(4,31)32/h5-13,26H,14-15H2,1-4H3. The second-order valence-electron chi connectivity index (χ2n) is 8.92. The zero-order valence-electron chi connectivity index (χ0n) is 19.4. The summed E-state index contributed by atoms with van der Waals surface area (Å²) in [5.41, 5.74) is -0.0490. The Bertz CT molecular complexity index is 1490. The Morgan fingerprint density at radius 3 is 2.35 bits per heavy atom. The fraction of sp³-hybridized carbons (Fsp3) is 0.292. The van der Waals surface area contributed by atoms with E-state index in [0.29, 0.717) is 23.0 Å². The molecule has 4 rings (SSSR count). The first-order valence-electron chi connectivity index (χ1n) is 10.6. The maximum atomic E-state index is 13.3. The second-order valence-corrected chi connectivity index (χ2v) is 12.0. The molecule has 8 nitrogen and oxygen atoms in total. The van der Waals surface area contributed by atoms with Gasteiger partial charge in [0.25, 0.3) is 5.56 Å². The molecule has 0 saturated heterocycles. The number of anilines is 1. The first-order chi connectivity index (χ1) is 16.0. The lowest BCUT2D eigenvalue weighted by atomic mass is 10.1. The van der Waals surface area contributed by atoms with Crippen LogP contribution in [-0.4, -0.2) is 34.4 Å². The summed E-state index contributed by atoms with van der Waals surface area (Å²) in [7, 11) is -1.82. The van der Waals surface area contributed by atoms with Crippen LogP contribution in [0, 0.1) is 0 Å². The first kappa shape index (κ1) is 24.0. The predicted molar refractivity (Wildman–Crippen MR) is 136 cm³/mol. The zero-order valence-corrected chi connectivity index (χ0v) is 21.0. The van der Waals surface area contributed by atoms with E-state index in [2.05, 4.69) is 5.32 Å². The van der Waals surface area contributed by atoms with Gasteiger partial charge in [-0.2, -0.15) is 0 Å². The maximum Gasteiger partial charge on any atom is 0.332 e. The van der Waals surface area contributed by atoms with E-state index >= 15 is 0 Å². The van der Waals surface area contributed by atoms with Gasteiger partial charge in [0.1, 0.15) is 16.4 Å². The third-order valence-corrected chi connectivity index (χ3v) is 7.64. The van der Waals surface area contributed by atoms with E-state index < -0.39 is 20.9 Å². The van der Waals surface area contributed by atoms with Crippen LogP contribution in [-0.2, 0) is 30.0 Å². The fourth-order valence-corrected chi connectivity index (χ4v) is 5.32. The molecule has 0 bridgehead atoms. The van der Waals surface area contributed by atoms with Crippen molar-refractivity contribution in [3.05, 3.63) is 86.6 Å². The van der Waals surface area contributed by atoms with Gasteiger partial charge in [-0.25, -0.2) is 13.2 Å². The fourth-order valence-electron chi connectivity index (χ4n) is 3.76.